The number of anilines is 1. The van der Waals surface area contributed by atoms with Crippen LogP contribution >= 0.6 is 11.6 Å². The number of aryl methyl sites for hydroxylation is 1. The van der Waals surface area contributed by atoms with E-state index in [-0.39, 0.29) is 23.0 Å². The van der Waals surface area contributed by atoms with E-state index in [9.17, 15) is 18.0 Å². The van der Waals surface area contributed by atoms with Crippen molar-refractivity contribution in [3.63, 3.8) is 0 Å². The number of methoxy groups -OCH3 is 1. The SMILES string of the molecule is CCC(C(=O)NC(C)(C)C)N(Cc1cccc(C)c1)C(=O)CN(c1cccc(Cl)c1)S(=O)(=O)c1ccc(OC)cc1. The third-order valence-corrected chi connectivity index (χ3v) is 8.37. The monoisotopic (exact) mass is 599 g/mol. The van der Waals surface area contributed by atoms with Crippen molar-refractivity contribution in [1.29, 1.82) is 0 Å². The lowest BCUT2D eigenvalue weighted by atomic mass is 10.0. The molecule has 0 aromatic heterocycles. The van der Waals surface area contributed by atoms with Gasteiger partial charge in [-0.1, -0.05) is 54.4 Å². The summed E-state index contributed by atoms with van der Waals surface area (Å²) in [6.45, 7) is 8.96. The summed E-state index contributed by atoms with van der Waals surface area (Å²) in [5.74, 6) is -0.345. The molecule has 1 N–H and O–H groups in total. The zero-order chi connectivity index (χ0) is 30.4. The summed E-state index contributed by atoms with van der Waals surface area (Å²) in [6.07, 6.45) is 0.335. The number of sulfonamides is 1. The molecule has 0 bridgehead atoms. The van der Waals surface area contributed by atoms with Crippen molar-refractivity contribution in [2.24, 2.45) is 0 Å². The quantitative estimate of drug-likeness (QED) is 0.311. The average molecular weight is 600 g/mol. The maximum absolute atomic E-state index is 14.1. The van der Waals surface area contributed by atoms with Crippen LogP contribution in [-0.4, -0.2) is 50.4 Å². The third kappa shape index (κ3) is 8.47. The lowest BCUT2D eigenvalue weighted by Gasteiger charge is -2.35. The van der Waals surface area contributed by atoms with Gasteiger partial charge in [-0.2, -0.15) is 0 Å². The van der Waals surface area contributed by atoms with Gasteiger partial charge in [0.15, 0.2) is 0 Å². The first-order chi connectivity index (χ1) is 19.2. The molecule has 3 aromatic carbocycles. The van der Waals surface area contributed by atoms with Crippen LogP contribution in [-0.2, 0) is 26.2 Å². The van der Waals surface area contributed by atoms with Crippen molar-refractivity contribution in [2.75, 3.05) is 18.0 Å². The van der Waals surface area contributed by atoms with Gasteiger partial charge in [0, 0.05) is 17.1 Å². The summed E-state index contributed by atoms with van der Waals surface area (Å²) in [4.78, 5) is 29.0. The topological polar surface area (TPSA) is 96.0 Å². The standard InChI is InChI=1S/C31H38ClN3O5S/c1-7-28(30(37)33-31(3,4)5)34(20-23-11-8-10-22(2)18-23)29(36)21-35(25-13-9-12-24(32)19-25)41(38,39)27-16-14-26(40-6)15-17-27/h8-19,28H,7,20-21H2,1-6H3,(H,33,37). The molecule has 220 valence electrons. The number of carbonyl (C=O) groups is 2. The Morgan fingerprint density at radius 2 is 1.66 bits per heavy atom. The van der Waals surface area contributed by atoms with Crippen LogP contribution in [0.15, 0.2) is 77.7 Å². The van der Waals surface area contributed by atoms with Crippen LogP contribution in [0.1, 0.15) is 45.2 Å². The van der Waals surface area contributed by atoms with E-state index >= 15 is 0 Å². The number of nitrogens with one attached hydrogen (secondary N) is 1. The number of benzene rings is 3. The van der Waals surface area contributed by atoms with E-state index in [1.54, 1.807) is 30.3 Å². The van der Waals surface area contributed by atoms with E-state index in [0.717, 1.165) is 15.4 Å². The molecule has 3 aromatic rings. The number of ether oxygens (including phenoxy) is 1. The summed E-state index contributed by atoms with van der Waals surface area (Å²) < 4.78 is 34.1. The first-order valence-electron chi connectivity index (χ1n) is 13.3. The molecule has 0 radical (unpaired) electrons. The van der Waals surface area contributed by atoms with Gasteiger partial charge in [-0.25, -0.2) is 8.42 Å². The number of halogens is 1. The van der Waals surface area contributed by atoms with Crippen molar-refractivity contribution in [1.82, 2.24) is 10.2 Å². The molecule has 0 aliphatic rings. The second-order valence-electron chi connectivity index (χ2n) is 10.8. The number of hydrogen-bond acceptors (Lipinski definition) is 5. The van der Waals surface area contributed by atoms with Crippen LogP contribution < -0.4 is 14.4 Å². The molecule has 0 aliphatic heterocycles. The molecule has 1 unspecified atom stereocenters. The van der Waals surface area contributed by atoms with Gasteiger partial charge in [0.05, 0.1) is 17.7 Å². The minimum atomic E-state index is -4.21. The normalized spacial score (nSPS) is 12.4. The highest BCUT2D eigenvalue weighted by molar-refractivity contribution is 7.92. The number of amides is 2. The second kappa shape index (κ2) is 13.4. The lowest BCUT2D eigenvalue weighted by Crippen LogP contribution is -2.55. The molecule has 3 rings (SSSR count). The molecule has 10 heteroatoms. The molecule has 1 atom stereocenters. The molecule has 0 fully saturated rings. The zero-order valence-corrected chi connectivity index (χ0v) is 25.9. The Morgan fingerprint density at radius 3 is 2.22 bits per heavy atom. The van der Waals surface area contributed by atoms with Crippen molar-refractivity contribution in [3.05, 3.63) is 88.9 Å². The average Bonchev–Trinajstić information content (AvgIpc) is 2.90. The van der Waals surface area contributed by atoms with Crippen LogP contribution in [0.2, 0.25) is 5.02 Å². The number of rotatable bonds is 11. The van der Waals surface area contributed by atoms with Crippen LogP contribution in [0.25, 0.3) is 0 Å². The van der Waals surface area contributed by atoms with Crippen LogP contribution in [0.5, 0.6) is 5.75 Å². The Labute approximate surface area is 248 Å². The fourth-order valence-electron chi connectivity index (χ4n) is 4.41. The minimum absolute atomic E-state index is 0.0196. The van der Waals surface area contributed by atoms with Gasteiger partial charge in [0.25, 0.3) is 10.0 Å². The highest BCUT2D eigenvalue weighted by atomic mass is 35.5. The van der Waals surface area contributed by atoms with Gasteiger partial charge >= 0.3 is 0 Å². The summed E-state index contributed by atoms with van der Waals surface area (Å²) in [5, 5.41) is 3.29. The predicted molar refractivity (Wildman–Crippen MR) is 163 cm³/mol. The zero-order valence-electron chi connectivity index (χ0n) is 24.3. The van der Waals surface area contributed by atoms with E-state index < -0.39 is 34.1 Å². The van der Waals surface area contributed by atoms with Crippen molar-refractivity contribution in [2.45, 2.75) is 64.1 Å². The Morgan fingerprint density at radius 1 is 1.00 bits per heavy atom. The highest BCUT2D eigenvalue weighted by Crippen LogP contribution is 2.28. The maximum atomic E-state index is 14.1. The number of nitrogens with zero attached hydrogens (tertiary/aromatic N) is 2. The summed E-state index contributed by atoms with van der Waals surface area (Å²) >= 11 is 6.24. The van der Waals surface area contributed by atoms with E-state index in [2.05, 4.69) is 5.32 Å². The number of hydrogen-bond donors (Lipinski definition) is 1. The highest BCUT2D eigenvalue weighted by Gasteiger charge is 2.34. The molecule has 0 aliphatic carbocycles. The van der Waals surface area contributed by atoms with Gasteiger partial charge < -0.3 is 15.0 Å². The predicted octanol–water partition coefficient (Wildman–Crippen LogP) is 5.57. The van der Waals surface area contributed by atoms with Crippen LogP contribution in [0.4, 0.5) is 5.69 Å². The molecular formula is C31H38ClN3O5S. The van der Waals surface area contributed by atoms with Crippen LogP contribution in [0, 0.1) is 6.92 Å². The summed E-state index contributed by atoms with van der Waals surface area (Å²) in [5.41, 5.74) is 1.54. The molecule has 8 nitrogen and oxygen atoms in total. The van der Waals surface area contributed by atoms with Gasteiger partial charge in [-0.15, -0.1) is 0 Å². The molecular weight excluding hydrogens is 562 g/mol. The fourth-order valence-corrected chi connectivity index (χ4v) is 6.01. The lowest BCUT2D eigenvalue weighted by molar-refractivity contribution is -0.141. The number of carbonyl (C=O) groups excluding carboxylic acids is 2. The Bertz CT molecular complexity index is 1470. The minimum Gasteiger partial charge on any atom is -0.497 e. The van der Waals surface area contributed by atoms with Crippen molar-refractivity contribution in [3.8, 4) is 5.75 Å². The van der Waals surface area contributed by atoms with Gasteiger partial charge in [0.1, 0.15) is 18.3 Å². The second-order valence-corrected chi connectivity index (χ2v) is 13.1. The maximum Gasteiger partial charge on any atom is 0.264 e. The Hall–Kier alpha value is -3.56. The molecule has 0 saturated heterocycles. The Kier molecular flexibility index (Phi) is 10.4. The Balaban J connectivity index is 2.08. The van der Waals surface area contributed by atoms with Gasteiger partial charge in [-0.3, -0.25) is 13.9 Å². The molecule has 41 heavy (non-hydrogen) atoms. The molecule has 2 amide bonds. The summed E-state index contributed by atoms with van der Waals surface area (Å²) in [7, 11) is -2.73. The van der Waals surface area contributed by atoms with Gasteiger partial charge in [0.2, 0.25) is 11.8 Å². The first kappa shape index (κ1) is 32.0. The summed E-state index contributed by atoms with van der Waals surface area (Å²) in [6, 6.07) is 19.1. The first-order valence-corrected chi connectivity index (χ1v) is 15.2. The third-order valence-electron chi connectivity index (χ3n) is 6.34. The molecule has 0 saturated carbocycles. The smallest absolute Gasteiger partial charge is 0.264 e. The molecule has 0 heterocycles. The van der Waals surface area contributed by atoms with Crippen molar-refractivity contribution >= 4 is 39.1 Å². The largest absolute Gasteiger partial charge is 0.497 e. The van der Waals surface area contributed by atoms with Crippen LogP contribution in [0.3, 0.4) is 0 Å². The van der Waals surface area contributed by atoms with E-state index in [1.165, 1.54) is 30.2 Å². The van der Waals surface area contributed by atoms with Crippen molar-refractivity contribution < 1.29 is 22.7 Å². The fraction of sp³-hybridized carbons (Fsp3) is 0.355. The van der Waals surface area contributed by atoms with Gasteiger partial charge in [-0.05, 0) is 82.1 Å². The molecule has 0 spiro atoms. The van der Waals surface area contributed by atoms with E-state index in [4.69, 9.17) is 16.3 Å². The van der Waals surface area contributed by atoms with E-state index in [0.29, 0.717) is 17.2 Å². The van der Waals surface area contributed by atoms with E-state index in [1.807, 2.05) is 58.9 Å².